The van der Waals surface area contributed by atoms with Crippen molar-refractivity contribution in [2.45, 2.75) is 26.4 Å². The van der Waals surface area contributed by atoms with E-state index in [-0.39, 0.29) is 34.6 Å². The Hall–Kier alpha value is -5.13. The van der Waals surface area contributed by atoms with Gasteiger partial charge in [0.05, 0.1) is 22.7 Å². The van der Waals surface area contributed by atoms with Crippen LogP contribution in [0.25, 0.3) is 0 Å². The van der Waals surface area contributed by atoms with Gasteiger partial charge in [-0.05, 0) is 49.2 Å². The third-order valence-electron chi connectivity index (χ3n) is 7.13. The standard InChI is InChI=1S/C28H26FN7O4/c1-14-9-17(29)20(11-23(14)37)32-19-5-6-30-25-24(19)27(39)34-21-10-16(3-4-18(21)33-25)12-35-7-8-36-22(13-35)26(38)31-15(2)28(36)40/h3-6,9-11,13,15,37H,7-8,12H2,1-2H3,(H,31,38)(H,34,39)(H2,30,32,33). The van der Waals surface area contributed by atoms with Crippen LogP contribution in [0.4, 0.5) is 33.0 Å². The van der Waals surface area contributed by atoms with Gasteiger partial charge in [0.15, 0.2) is 0 Å². The fourth-order valence-electron chi connectivity index (χ4n) is 5.00. The first kappa shape index (κ1) is 25.2. The summed E-state index contributed by atoms with van der Waals surface area (Å²) in [5.41, 5.74) is 3.24. The van der Waals surface area contributed by atoms with E-state index in [1.165, 1.54) is 23.2 Å². The molecule has 3 aromatic rings. The average molecular weight is 544 g/mol. The quantitative estimate of drug-likeness (QED) is 0.338. The van der Waals surface area contributed by atoms with Crippen molar-refractivity contribution in [2.75, 3.05) is 29.0 Å². The van der Waals surface area contributed by atoms with Crippen molar-refractivity contribution in [1.82, 2.24) is 20.1 Å². The van der Waals surface area contributed by atoms with Crippen LogP contribution in [0, 0.1) is 12.7 Å². The molecule has 1 saturated heterocycles. The number of fused-ring (bicyclic) bond motifs is 3. The molecule has 0 radical (unpaired) electrons. The lowest BCUT2D eigenvalue weighted by molar-refractivity contribution is -0.140. The fourth-order valence-corrected chi connectivity index (χ4v) is 5.00. The molecule has 0 saturated carbocycles. The number of amides is 3. The molecule has 2 aromatic carbocycles. The second-order valence-electron chi connectivity index (χ2n) is 9.95. The Morgan fingerprint density at radius 2 is 1.88 bits per heavy atom. The van der Waals surface area contributed by atoms with Crippen LogP contribution >= 0.6 is 0 Å². The van der Waals surface area contributed by atoms with Gasteiger partial charge in [-0.3, -0.25) is 14.4 Å². The van der Waals surface area contributed by atoms with Gasteiger partial charge in [-0.25, -0.2) is 9.37 Å². The molecule has 1 atom stereocenters. The summed E-state index contributed by atoms with van der Waals surface area (Å²) in [4.78, 5) is 46.0. The number of phenolic OH excluding ortho intramolecular Hbond substituents is 1. The van der Waals surface area contributed by atoms with E-state index in [1.807, 2.05) is 23.1 Å². The van der Waals surface area contributed by atoms with Crippen molar-refractivity contribution in [1.29, 1.82) is 0 Å². The van der Waals surface area contributed by atoms with Crippen LogP contribution in [0.3, 0.4) is 0 Å². The minimum absolute atomic E-state index is 0.0189. The third kappa shape index (κ3) is 4.42. The summed E-state index contributed by atoms with van der Waals surface area (Å²) in [7, 11) is 0. The summed E-state index contributed by atoms with van der Waals surface area (Å²) in [6.07, 6.45) is 3.18. The maximum absolute atomic E-state index is 14.6. The highest BCUT2D eigenvalue weighted by Crippen LogP contribution is 2.36. The Bertz CT molecular complexity index is 1620. The van der Waals surface area contributed by atoms with Crippen LogP contribution in [-0.2, 0) is 16.1 Å². The lowest BCUT2D eigenvalue weighted by Gasteiger charge is -2.39. The Balaban J connectivity index is 1.24. The highest BCUT2D eigenvalue weighted by atomic mass is 19.1. The highest BCUT2D eigenvalue weighted by molar-refractivity contribution is 6.15. The molecule has 3 amide bonds. The molecule has 3 aliphatic rings. The summed E-state index contributed by atoms with van der Waals surface area (Å²) in [6, 6.07) is 9.03. The molecule has 40 heavy (non-hydrogen) atoms. The van der Waals surface area contributed by atoms with E-state index >= 15 is 0 Å². The molecule has 0 spiro atoms. The molecule has 0 bridgehead atoms. The number of aryl methyl sites for hydroxylation is 1. The maximum Gasteiger partial charge on any atom is 0.270 e. The average Bonchev–Trinajstić information content (AvgIpc) is 3.06. The topological polar surface area (TPSA) is 139 Å². The van der Waals surface area contributed by atoms with E-state index in [0.29, 0.717) is 48.0 Å². The van der Waals surface area contributed by atoms with E-state index in [4.69, 9.17) is 0 Å². The van der Waals surface area contributed by atoms with Gasteiger partial charge in [-0.2, -0.15) is 0 Å². The first-order valence-electron chi connectivity index (χ1n) is 12.7. The normalized spacial score (nSPS) is 17.9. The number of carbonyl (C=O) groups is 3. The number of carbonyl (C=O) groups excluding carboxylic acids is 3. The second-order valence-corrected chi connectivity index (χ2v) is 9.95. The van der Waals surface area contributed by atoms with Gasteiger partial charge >= 0.3 is 0 Å². The highest BCUT2D eigenvalue weighted by Gasteiger charge is 2.36. The lowest BCUT2D eigenvalue weighted by Crippen LogP contribution is -2.58. The molecule has 204 valence electrons. The largest absolute Gasteiger partial charge is 0.508 e. The lowest BCUT2D eigenvalue weighted by atomic mass is 10.1. The second kappa shape index (κ2) is 9.56. The molecular weight excluding hydrogens is 517 g/mol. The Kier molecular flexibility index (Phi) is 6.01. The number of hydrogen-bond donors (Lipinski definition) is 5. The van der Waals surface area contributed by atoms with E-state index in [2.05, 4.69) is 26.3 Å². The van der Waals surface area contributed by atoms with Gasteiger partial charge in [-0.15, -0.1) is 0 Å². The molecule has 12 heteroatoms. The molecule has 1 unspecified atom stereocenters. The number of pyridine rings is 1. The number of piperazine rings is 1. The number of nitrogens with one attached hydrogen (secondary N) is 4. The molecular formula is C28H26FN7O4. The van der Waals surface area contributed by atoms with Crippen LogP contribution < -0.4 is 21.3 Å². The first-order valence-corrected chi connectivity index (χ1v) is 12.7. The smallest absolute Gasteiger partial charge is 0.270 e. The van der Waals surface area contributed by atoms with Gasteiger partial charge in [0.25, 0.3) is 11.8 Å². The van der Waals surface area contributed by atoms with Crippen molar-refractivity contribution in [3.05, 3.63) is 77.0 Å². The van der Waals surface area contributed by atoms with Crippen LogP contribution in [-0.4, -0.2) is 56.7 Å². The van der Waals surface area contributed by atoms with E-state index in [1.54, 1.807) is 26.1 Å². The fraction of sp³-hybridized carbons (Fsp3) is 0.214. The molecule has 3 aliphatic heterocycles. The molecule has 11 nitrogen and oxygen atoms in total. The van der Waals surface area contributed by atoms with Crippen LogP contribution in [0.1, 0.15) is 28.4 Å². The van der Waals surface area contributed by atoms with Crippen LogP contribution in [0.5, 0.6) is 5.75 Å². The van der Waals surface area contributed by atoms with Gasteiger partial charge in [0.1, 0.15) is 34.7 Å². The summed E-state index contributed by atoms with van der Waals surface area (Å²) < 4.78 is 14.6. The Morgan fingerprint density at radius 1 is 1.05 bits per heavy atom. The number of rotatable bonds is 4. The predicted molar refractivity (Wildman–Crippen MR) is 146 cm³/mol. The number of anilines is 5. The number of benzene rings is 2. The van der Waals surface area contributed by atoms with E-state index < -0.39 is 17.8 Å². The van der Waals surface area contributed by atoms with Gasteiger partial charge in [0.2, 0.25) is 5.91 Å². The van der Waals surface area contributed by atoms with Crippen LogP contribution in [0.15, 0.2) is 54.5 Å². The predicted octanol–water partition coefficient (Wildman–Crippen LogP) is 3.29. The van der Waals surface area contributed by atoms with E-state index in [9.17, 15) is 23.9 Å². The minimum atomic E-state index is -0.573. The number of halogens is 1. The number of hydrogen-bond acceptors (Lipinski definition) is 8. The zero-order chi connectivity index (χ0) is 28.1. The van der Waals surface area contributed by atoms with Crippen molar-refractivity contribution in [2.24, 2.45) is 0 Å². The number of phenols is 1. The first-order chi connectivity index (χ1) is 19.2. The SMILES string of the molecule is Cc1cc(F)c(Nc2ccnc3c2C(=O)Nc2cc(CN4C=C5C(=O)NC(C)C(=O)N5CC4)ccc2N3)cc1O. The minimum Gasteiger partial charge on any atom is -0.508 e. The summed E-state index contributed by atoms with van der Waals surface area (Å²) in [5, 5.41) is 21.7. The summed E-state index contributed by atoms with van der Waals surface area (Å²) in [6.45, 7) is 4.66. The van der Waals surface area contributed by atoms with Crippen molar-refractivity contribution < 1.29 is 23.9 Å². The molecule has 0 aliphatic carbocycles. The molecule has 1 aromatic heterocycles. The maximum atomic E-state index is 14.6. The van der Waals surface area contributed by atoms with Crippen molar-refractivity contribution >= 4 is 46.3 Å². The zero-order valence-electron chi connectivity index (χ0n) is 21.7. The van der Waals surface area contributed by atoms with Crippen LogP contribution in [0.2, 0.25) is 0 Å². The number of aromatic nitrogens is 1. The molecule has 5 N–H and O–H groups in total. The summed E-state index contributed by atoms with van der Waals surface area (Å²) in [5.74, 6) is -1.23. The van der Waals surface area contributed by atoms with E-state index in [0.717, 1.165) is 5.56 Å². The molecule has 1 fully saturated rings. The zero-order valence-corrected chi connectivity index (χ0v) is 21.7. The Labute approximate surface area is 228 Å². The van der Waals surface area contributed by atoms with Crippen molar-refractivity contribution in [3.8, 4) is 5.75 Å². The van der Waals surface area contributed by atoms with Gasteiger partial charge in [0, 0.05) is 38.1 Å². The molecule has 6 rings (SSSR count). The summed E-state index contributed by atoms with van der Waals surface area (Å²) >= 11 is 0. The van der Waals surface area contributed by atoms with Crippen molar-refractivity contribution in [3.63, 3.8) is 0 Å². The number of nitrogens with zero attached hydrogens (tertiary/aromatic N) is 3. The number of aromatic hydroxyl groups is 1. The van der Waals surface area contributed by atoms with Gasteiger partial charge in [-0.1, -0.05) is 6.07 Å². The van der Waals surface area contributed by atoms with Gasteiger partial charge < -0.3 is 36.2 Å². The Morgan fingerprint density at radius 3 is 2.70 bits per heavy atom. The molecule has 4 heterocycles. The third-order valence-corrected chi connectivity index (χ3v) is 7.13. The monoisotopic (exact) mass is 543 g/mol.